The standard InChI is InChI=1S/C19H16ClN3O3/c20-14-5-3-4-13(8-14)19(24)22-15-9-21-23(10-15)11-16-12-25-17-6-1-2-7-18(17)26-16/h1-10,16H,11-12H2,(H,22,24). The molecule has 0 saturated carbocycles. The molecular weight excluding hydrogens is 354 g/mol. The zero-order chi connectivity index (χ0) is 17.9. The number of carbonyl (C=O) groups excluding carboxylic acids is 1. The van der Waals surface area contributed by atoms with Crippen LogP contribution in [0.1, 0.15) is 10.4 Å². The van der Waals surface area contributed by atoms with Crippen LogP contribution < -0.4 is 14.8 Å². The summed E-state index contributed by atoms with van der Waals surface area (Å²) in [6, 6.07) is 14.3. The molecule has 2 aromatic carbocycles. The Balaban J connectivity index is 1.39. The Kier molecular flexibility index (Phi) is 4.50. The minimum atomic E-state index is -0.238. The molecule has 0 saturated heterocycles. The number of aromatic nitrogens is 2. The van der Waals surface area contributed by atoms with E-state index in [-0.39, 0.29) is 12.0 Å². The molecule has 1 aromatic heterocycles. The highest BCUT2D eigenvalue weighted by Gasteiger charge is 2.21. The van der Waals surface area contributed by atoms with Gasteiger partial charge in [-0.05, 0) is 30.3 Å². The Morgan fingerprint density at radius 1 is 1.23 bits per heavy atom. The summed E-state index contributed by atoms with van der Waals surface area (Å²) in [5.41, 5.74) is 1.10. The van der Waals surface area contributed by atoms with Crippen LogP contribution in [0.4, 0.5) is 5.69 Å². The molecule has 26 heavy (non-hydrogen) atoms. The molecule has 0 fully saturated rings. The predicted molar refractivity (Wildman–Crippen MR) is 98.0 cm³/mol. The Labute approximate surface area is 155 Å². The zero-order valence-corrected chi connectivity index (χ0v) is 14.5. The third-order valence-corrected chi connectivity index (χ3v) is 4.17. The number of nitrogens with one attached hydrogen (secondary N) is 1. The first-order valence-electron chi connectivity index (χ1n) is 8.15. The molecule has 4 rings (SSSR count). The zero-order valence-electron chi connectivity index (χ0n) is 13.8. The number of carbonyl (C=O) groups is 1. The lowest BCUT2D eigenvalue weighted by Crippen LogP contribution is -2.33. The highest BCUT2D eigenvalue weighted by atomic mass is 35.5. The highest BCUT2D eigenvalue weighted by molar-refractivity contribution is 6.31. The number of nitrogens with zero attached hydrogens (tertiary/aromatic N) is 2. The van der Waals surface area contributed by atoms with Crippen molar-refractivity contribution in [3.63, 3.8) is 0 Å². The van der Waals surface area contributed by atoms with Crippen LogP contribution in [-0.4, -0.2) is 28.4 Å². The van der Waals surface area contributed by atoms with Crippen molar-refractivity contribution in [2.24, 2.45) is 0 Å². The maximum Gasteiger partial charge on any atom is 0.255 e. The second-order valence-corrected chi connectivity index (χ2v) is 6.35. The Morgan fingerprint density at radius 2 is 2.08 bits per heavy atom. The molecule has 132 valence electrons. The summed E-state index contributed by atoms with van der Waals surface area (Å²) in [7, 11) is 0. The summed E-state index contributed by atoms with van der Waals surface area (Å²) in [4.78, 5) is 12.3. The van der Waals surface area contributed by atoms with E-state index in [2.05, 4.69) is 10.4 Å². The van der Waals surface area contributed by atoms with Crippen molar-refractivity contribution in [1.29, 1.82) is 0 Å². The molecule has 1 aliphatic heterocycles. The number of rotatable bonds is 4. The lowest BCUT2D eigenvalue weighted by Gasteiger charge is -2.26. The molecule has 1 N–H and O–H groups in total. The number of halogens is 1. The van der Waals surface area contributed by atoms with Gasteiger partial charge in [0, 0.05) is 16.8 Å². The second-order valence-electron chi connectivity index (χ2n) is 5.91. The van der Waals surface area contributed by atoms with E-state index in [4.69, 9.17) is 21.1 Å². The van der Waals surface area contributed by atoms with Crippen LogP contribution in [-0.2, 0) is 6.54 Å². The average Bonchev–Trinajstić information content (AvgIpc) is 3.08. The number of anilines is 1. The smallest absolute Gasteiger partial charge is 0.255 e. The van der Waals surface area contributed by atoms with Crippen molar-refractivity contribution in [1.82, 2.24) is 9.78 Å². The van der Waals surface area contributed by atoms with E-state index >= 15 is 0 Å². The first-order chi connectivity index (χ1) is 12.7. The minimum absolute atomic E-state index is 0.152. The summed E-state index contributed by atoms with van der Waals surface area (Å²) in [6.45, 7) is 0.961. The lowest BCUT2D eigenvalue weighted by molar-refractivity contribution is 0.0759. The quantitative estimate of drug-likeness (QED) is 0.762. The molecule has 2 heterocycles. The third-order valence-electron chi connectivity index (χ3n) is 3.94. The van der Waals surface area contributed by atoms with Gasteiger partial charge in [0.25, 0.3) is 5.91 Å². The molecule has 0 aliphatic carbocycles. The summed E-state index contributed by atoms with van der Waals surface area (Å²) < 4.78 is 13.3. The van der Waals surface area contributed by atoms with Gasteiger partial charge in [0.1, 0.15) is 6.61 Å². The molecule has 6 nitrogen and oxygen atoms in total. The monoisotopic (exact) mass is 369 g/mol. The Hall–Kier alpha value is -2.99. The van der Waals surface area contributed by atoms with Crippen LogP contribution in [0.25, 0.3) is 0 Å². The molecular formula is C19H16ClN3O3. The first-order valence-corrected chi connectivity index (χ1v) is 8.53. The van der Waals surface area contributed by atoms with E-state index in [0.29, 0.717) is 29.4 Å². The minimum Gasteiger partial charge on any atom is -0.486 e. The number of hydrogen-bond acceptors (Lipinski definition) is 4. The molecule has 1 amide bonds. The molecule has 1 aliphatic rings. The molecule has 0 spiro atoms. The maximum atomic E-state index is 12.3. The van der Waals surface area contributed by atoms with Gasteiger partial charge >= 0.3 is 0 Å². The SMILES string of the molecule is O=C(Nc1cnn(CC2COc3ccccc3O2)c1)c1cccc(Cl)c1. The van der Waals surface area contributed by atoms with Crippen LogP contribution in [0.5, 0.6) is 11.5 Å². The lowest BCUT2D eigenvalue weighted by atomic mass is 10.2. The Morgan fingerprint density at radius 3 is 2.92 bits per heavy atom. The largest absolute Gasteiger partial charge is 0.486 e. The van der Waals surface area contributed by atoms with Crippen LogP contribution in [0.3, 0.4) is 0 Å². The van der Waals surface area contributed by atoms with E-state index in [1.165, 1.54) is 0 Å². The molecule has 3 aromatic rings. The normalized spacial score (nSPS) is 15.5. The number of fused-ring (bicyclic) bond motifs is 1. The summed E-state index contributed by atoms with van der Waals surface area (Å²) in [6.07, 6.45) is 3.20. The topological polar surface area (TPSA) is 65.4 Å². The van der Waals surface area contributed by atoms with E-state index < -0.39 is 0 Å². The number of hydrogen-bond donors (Lipinski definition) is 1. The van der Waals surface area contributed by atoms with Gasteiger partial charge in [-0.1, -0.05) is 29.8 Å². The fraction of sp³-hybridized carbons (Fsp3) is 0.158. The highest BCUT2D eigenvalue weighted by Crippen LogP contribution is 2.31. The van der Waals surface area contributed by atoms with Crippen molar-refractivity contribution in [2.45, 2.75) is 12.6 Å². The maximum absolute atomic E-state index is 12.3. The average molecular weight is 370 g/mol. The summed E-state index contributed by atoms with van der Waals surface area (Å²) >= 11 is 5.92. The first kappa shape index (κ1) is 16.5. The van der Waals surface area contributed by atoms with E-state index in [9.17, 15) is 4.79 Å². The second kappa shape index (κ2) is 7.09. The van der Waals surface area contributed by atoms with Crippen LogP contribution in [0.15, 0.2) is 60.9 Å². The van der Waals surface area contributed by atoms with Crippen LogP contribution in [0.2, 0.25) is 5.02 Å². The van der Waals surface area contributed by atoms with Gasteiger partial charge in [0.05, 0.1) is 18.4 Å². The number of para-hydroxylation sites is 2. The number of amides is 1. The molecule has 0 radical (unpaired) electrons. The van der Waals surface area contributed by atoms with Gasteiger partial charge in [0.15, 0.2) is 17.6 Å². The number of ether oxygens (including phenoxy) is 2. The molecule has 1 atom stereocenters. The molecule has 0 bridgehead atoms. The van der Waals surface area contributed by atoms with Crippen molar-refractivity contribution in [2.75, 3.05) is 11.9 Å². The van der Waals surface area contributed by atoms with Gasteiger partial charge in [-0.2, -0.15) is 5.10 Å². The van der Waals surface area contributed by atoms with Gasteiger partial charge in [0.2, 0.25) is 0 Å². The van der Waals surface area contributed by atoms with Gasteiger partial charge < -0.3 is 14.8 Å². The van der Waals surface area contributed by atoms with Crippen LogP contribution in [0, 0.1) is 0 Å². The van der Waals surface area contributed by atoms with Crippen molar-refractivity contribution in [3.05, 3.63) is 71.5 Å². The van der Waals surface area contributed by atoms with Crippen molar-refractivity contribution in [3.8, 4) is 11.5 Å². The van der Waals surface area contributed by atoms with E-state index in [1.807, 2.05) is 24.3 Å². The fourth-order valence-electron chi connectivity index (χ4n) is 2.72. The van der Waals surface area contributed by atoms with E-state index in [1.54, 1.807) is 41.3 Å². The molecule has 1 unspecified atom stereocenters. The van der Waals surface area contributed by atoms with Gasteiger partial charge in [-0.25, -0.2) is 0 Å². The number of benzene rings is 2. The van der Waals surface area contributed by atoms with Crippen LogP contribution >= 0.6 is 11.6 Å². The fourth-order valence-corrected chi connectivity index (χ4v) is 2.91. The predicted octanol–water partition coefficient (Wildman–Crippen LogP) is 3.63. The van der Waals surface area contributed by atoms with Gasteiger partial charge in [-0.3, -0.25) is 9.48 Å². The van der Waals surface area contributed by atoms with Crippen molar-refractivity contribution >= 4 is 23.2 Å². The summed E-state index contributed by atoms with van der Waals surface area (Å²) in [5.74, 6) is 1.24. The Bertz CT molecular complexity index is 941. The van der Waals surface area contributed by atoms with Crippen molar-refractivity contribution < 1.29 is 14.3 Å². The summed E-state index contributed by atoms with van der Waals surface area (Å²) in [5, 5.41) is 7.59. The van der Waals surface area contributed by atoms with E-state index in [0.717, 1.165) is 11.5 Å². The molecule has 7 heteroatoms. The van der Waals surface area contributed by atoms with Gasteiger partial charge in [-0.15, -0.1) is 0 Å². The third kappa shape index (κ3) is 3.65.